The number of benzene rings is 2. The van der Waals surface area contributed by atoms with E-state index in [4.69, 9.17) is 9.47 Å². The molecule has 0 atom stereocenters. The smallest absolute Gasteiger partial charge is 0.321 e. The molecule has 0 amide bonds. The number of aromatic nitrogens is 2. The molecule has 4 nitrogen and oxygen atoms in total. The summed E-state index contributed by atoms with van der Waals surface area (Å²) in [5, 5.41) is 0. The van der Waals surface area contributed by atoms with Crippen molar-refractivity contribution in [1.82, 2.24) is 9.97 Å². The molecule has 0 radical (unpaired) electrons. The second-order valence-corrected chi connectivity index (χ2v) is 4.38. The highest BCUT2D eigenvalue weighted by molar-refractivity contribution is 5.32. The lowest BCUT2D eigenvalue weighted by Gasteiger charge is -2.07. The standard InChI is InChI=1S/C17H14N2O2/c1-2-5-14(6-3-1)13-20-15-7-9-16(10-8-15)21-17-18-11-4-12-19-17/h1-12H,13H2. The average Bonchev–Trinajstić information content (AvgIpc) is 2.56. The maximum Gasteiger partial charge on any atom is 0.321 e. The van der Waals surface area contributed by atoms with Crippen LogP contribution in [0, 0.1) is 0 Å². The molecule has 104 valence electrons. The first-order chi connectivity index (χ1) is 10.4. The van der Waals surface area contributed by atoms with Crippen LogP contribution in [-0.4, -0.2) is 9.97 Å². The lowest BCUT2D eigenvalue weighted by atomic mass is 10.2. The Bertz CT molecular complexity index is 670. The van der Waals surface area contributed by atoms with Crippen molar-refractivity contribution in [2.75, 3.05) is 0 Å². The topological polar surface area (TPSA) is 44.2 Å². The van der Waals surface area contributed by atoms with Crippen LogP contribution in [0.5, 0.6) is 17.5 Å². The van der Waals surface area contributed by atoms with Gasteiger partial charge in [0.25, 0.3) is 0 Å². The van der Waals surface area contributed by atoms with E-state index in [2.05, 4.69) is 9.97 Å². The maximum absolute atomic E-state index is 5.71. The Morgan fingerprint density at radius 2 is 1.38 bits per heavy atom. The van der Waals surface area contributed by atoms with Gasteiger partial charge in [-0.25, -0.2) is 9.97 Å². The fourth-order valence-electron chi connectivity index (χ4n) is 1.79. The Morgan fingerprint density at radius 3 is 2.10 bits per heavy atom. The highest BCUT2D eigenvalue weighted by Gasteiger charge is 2.00. The van der Waals surface area contributed by atoms with E-state index in [9.17, 15) is 0 Å². The van der Waals surface area contributed by atoms with Crippen LogP contribution in [0.2, 0.25) is 0 Å². The van der Waals surface area contributed by atoms with Crippen LogP contribution in [0.1, 0.15) is 5.56 Å². The molecule has 2 aromatic carbocycles. The zero-order chi connectivity index (χ0) is 14.3. The molecule has 0 unspecified atom stereocenters. The summed E-state index contributed by atoms with van der Waals surface area (Å²) in [5.74, 6) is 1.47. The van der Waals surface area contributed by atoms with Gasteiger partial charge in [-0.3, -0.25) is 0 Å². The molecule has 0 bridgehead atoms. The van der Waals surface area contributed by atoms with Gasteiger partial charge in [0.05, 0.1) is 0 Å². The third kappa shape index (κ3) is 3.79. The Labute approximate surface area is 123 Å². The minimum atomic E-state index is 0.329. The summed E-state index contributed by atoms with van der Waals surface area (Å²) in [6.07, 6.45) is 3.28. The van der Waals surface area contributed by atoms with E-state index >= 15 is 0 Å². The molecule has 3 aromatic rings. The molecule has 1 heterocycles. The average molecular weight is 278 g/mol. The highest BCUT2D eigenvalue weighted by atomic mass is 16.5. The fraction of sp³-hybridized carbons (Fsp3) is 0.0588. The second kappa shape index (κ2) is 6.52. The van der Waals surface area contributed by atoms with E-state index in [0.29, 0.717) is 18.4 Å². The minimum absolute atomic E-state index is 0.329. The zero-order valence-corrected chi connectivity index (χ0v) is 11.3. The molecule has 1 aromatic heterocycles. The Morgan fingerprint density at radius 1 is 0.714 bits per heavy atom. The summed E-state index contributed by atoms with van der Waals surface area (Å²) in [6, 6.07) is 19.5. The van der Waals surface area contributed by atoms with Gasteiger partial charge in [0.1, 0.15) is 18.1 Å². The lowest BCUT2D eigenvalue weighted by molar-refractivity contribution is 0.305. The monoisotopic (exact) mass is 278 g/mol. The van der Waals surface area contributed by atoms with Gasteiger partial charge in [-0.15, -0.1) is 0 Å². The van der Waals surface area contributed by atoms with Gasteiger partial charge in [-0.1, -0.05) is 30.3 Å². The van der Waals surface area contributed by atoms with Crippen molar-refractivity contribution in [2.24, 2.45) is 0 Å². The van der Waals surface area contributed by atoms with E-state index in [0.717, 1.165) is 11.3 Å². The van der Waals surface area contributed by atoms with E-state index in [1.54, 1.807) is 18.5 Å². The third-order valence-electron chi connectivity index (χ3n) is 2.82. The van der Waals surface area contributed by atoms with Gasteiger partial charge >= 0.3 is 6.01 Å². The summed E-state index contributed by atoms with van der Waals surface area (Å²) >= 11 is 0. The first-order valence-electron chi connectivity index (χ1n) is 6.62. The molecule has 0 saturated heterocycles. The normalized spacial score (nSPS) is 10.1. The van der Waals surface area contributed by atoms with Crippen molar-refractivity contribution >= 4 is 0 Å². The SMILES string of the molecule is c1ccc(COc2ccc(Oc3ncccn3)cc2)cc1. The van der Waals surface area contributed by atoms with Crippen LogP contribution >= 0.6 is 0 Å². The summed E-state index contributed by atoms with van der Waals surface area (Å²) < 4.78 is 11.2. The summed E-state index contributed by atoms with van der Waals surface area (Å²) in [5.41, 5.74) is 1.13. The molecule has 3 rings (SSSR count). The Balaban J connectivity index is 1.59. The second-order valence-electron chi connectivity index (χ2n) is 4.38. The van der Waals surface area contributed by atoms with Crippen LogP contribution in [0.3, 0.4) is 0 Å². The van der Waals surface area contributed by atoms with Crippen molar-refractivity contribution in [3.05, 3.63) is 78.6 Å². The fourth-order valence-corrected chi connectivity index (χ4v) is 1.79. The van der Waals surface area contributed by atoms with Crippen LogP contribution in [0.25, 0.3) is 0 Å². The summed E-state index contributed by atoms with van der Waals surface area (Å²) in [7, 11) is 0. The largest absolute Gasteiger partial charge is 0.489 e. The minimum Gasteiger partial charge on any atom is -0.489 e. The molecule has 0 aliphatic rings. The number of ether oxygens (including phenoxy) is 2. The van der Waals surface area contributed by atoms with Gasteiger partial charge in [-0.2, -0.15) is 0 Å². The molecule has 0 aliphatic heterocycles. The molecule has 0 spiro atoms. The molecular weight excluding hydrogens is 264 g/mol. The van der Waals surface area contributed by atoms with E-state index in [1.807, 2.05) is 54.6 Å². The van der Waals surface area contributed by atoms with Gasteiger partial charge in [0.2, 0.25) is 0 Å². The molecule has 0 aliphatic carbocycles. The molecular formula is C17H14N2O2. The summed E-state index contributed by atoms with van der Waals surface area (Å²) in [6.45, 7) is 0.544. The van der Waals surface area contributed by atoms with E-state index < -0.39 is 0 Å². The molecule has 0 fully saturated rings. The Kier molecular flexibility index (Phi) is 4.07. The first-order valence-corrected chi connectivity index (χ1v) is 6.62. The first kappa shape index (κ1) is 13.1. The van der Waals surface area contributed by atoms with Crippen molar-refractivity contribution < 1.29 is 9.47 Å². The van der Waals surface area contributed by atoms with Crippen molar-refractivity contribution in [2.45, 2.75) is 6.61 Å². The third-order valence-corrected chi connectivity index (χ3v) is 2.82. The van der Waals surface area contributed by atoms with Gasteiger partial charge in [0.15, 0.2) is 0 Å². The molecule has 0 saturated carbocycles. The van der Waals surface area contributed by atoms with E-state index in [1.165, 1.54) is 0 Å². The van der Waals surface area contributed by atoms with Gasteiger partial charge < -0.3 is 9.47 Å². The quantitative estimate of drug-likeness (QED) is 0.711. The molecule has 4 heteroatoms. The predicted octanol–water partition coefficient (Wildman–Crippen LogP) is 3.85. The number of rotatable bonds is 5. The van der Waals surface area contributed by atoms with Gasteiger partial charge in [-0.05, 0) is 35.9 Å². The lowest BCUT2D eigenvalue weighted by Crippen LogP contribution is -1.95. The van der Waals surface area contributed by atoms with Crippen LogP contribution in [0.4, 0.5) is 0 Å². The zero-order valence-electron chi connectivity index (χ0n) is 11.3. The van der Waals surface area contributed by atoms with Gasteiger partial charge in [0, 0.05) is 12.4 Å². The van der Waals surface area contributed by atoms with E-state index in [-0.39, 0.29) is 0 Å². The van der Waals surface area contributed by atoms with Crippen molar-refractivity contribution in [3.8, 4) is 17.5 Å². The van der Waals surface area contributed by atoms with Crippen molar-refractivity contribution in [3.63, 3.8) is 0 Å². The predicted molar refractivity (Wildman–Crippen MR) is 79.3 cm³/mol. The number of nitrogens with zero attached hydrogens (tertiary/aromatic N) is 2. The number of hydrogen-bond donors (Lipinski definition) is 0. The van der Waals surface area contributed by atoms with Crippen LogP contribution in [-0.2, 0) is 6.61 Å². The molecule has 21 heavy (non-hydrogen) atoms. The maximum atomic E-state index is 5.71. The molecule has 0 N–H and O–H groups in total. The summed E-state index contributed by atoms with van der Waals surface area (Å²) in [4.78, 5) is 8.02. The number of hydrogen-bond acceptors (Lipinski definition) is 4. The van der Waals surface area contributed by atoms with Crippen LogP contribution in [0.15, 0.2) is 73.1 Å². The van der Waals surface area contributed by atoms with Crippen molar-refractivity contribution in [1.29, 1.82) is 0 Å². The highest BCUT2D eigenvalue weighted by Crippen LogP contribution is 2.21. The Hall–Kier alpha value is -2.88. The van der Waals surface area contributed by atoms with Crippen LogP contribution < -0.4 is 9.47 Å².